The van der Waals surface area contributed by atoms with Gasteiger partial charge in [-0.1, -0.05) is 29.3 Å². The third kappa shape index (κ3) is 2.44. The molecule has 1 fully saturated rings. The van der Waals surface area contributed by atoms with Gasteiger partial charge in [-0.3, -0.25) is 0 Å². The first-order valence-corrected chi connectivity index (χ1v) is 7.25. The Balaban J connectivity index is 2.45. The molecule has 1 aromatic rings. The zero-order valence-corrected chi connectivity index (χ0v) is 11.1. The van der Waals surface area contributed by atoms with Gasteiger partial charge in [-0.25, -0.2) is 8.42 Å². The maximum absolute atomic E-state index is 12.3. The zero-order chi connectivity index (χ0) is 12.6. The number of β-amino-alcohol motifs (C(OH)–C–C–N with tert-alkyl or cyclic N) is 1. The van der Waals surface area contributed by atoms with E-state index < -0.39 is 16.1 Å². The van der Waals surface area contributed by atoms with Gasteiger partial charge in [0.25, 0.3) is 0 Å². The van der Waals surface area contributed by atoms with Gasteiger partial charge in [0.1, 0.15) is 4.90 Å². The van der Waals surface area contributed by atoms with E-state index in [1.165, 1.54) is 16.4 Å². The second-order valence-corrected chi connectivity index (χ2v) is 6.55. The standard InChI is InChI=1S/C10H11Cl2NO3S/c11-8-2-1-3-9(12)10(8)17(15,16)13-5-4-7(14)6-13/h1-3,7,14H,4-6H2/t7-/m1/s1. The Hall–Kier alpha value is -0.330. The molecule has 1 aliphatic heterocycles. The predicted molar refractivity (Wildman–Crippen MR) is 65.8 cm³/mol. The first kappa shape index (κ1) is 13.1. The Kier molecular flexibility index (Phi) is 3.66. The van der Waals surface area contributed by atoms with Crippen LogP contribution < -0.4 is 0 Å². The number of nitrogens with zero attached hydrogens (tertiary/aromatic N) is 1. The lowest BCUT2D eigenvalue weighted by atomic mass is 10.3. The fourth-order valence-corrected chi connectivity index (χ4v) is 4.37. The molecule has 2 rings (SSSR count). The lowest BCUT2D eigenvalue weighted by molar-refractivity contribution is 0.189. The molecule has 1 saturated heterocycles. The number of halogens is 2. The molecular formula is C10H11Cl2NO3S. The molecule has 7 heteroatoms. The van der Waals surface area contributed by atoms with Crippen LogP contribution in [-0.2, 0) is 10.0 Å². The molecule has 1 heterocycles. The SMILES string of the molecule is O=S(=O)(c1c(Cl)cccc1Cl)N1CC[C@@H](O)C1. The lowest BCUT2D eigenvalue weighted by Gasteiger charge is -2.17. The molecule has 0 unspecified atom stereocenters. The first-order chi connectivity index (χ1) is 7.93. The molecule has 0 amide bonds. The highest BCUT2D eigenvalue weighted by molar-refractivity contribution is 7.89. The maximum atomic E-state index is 12.3. The van der Waals surface area contributed by atoms with Crippen LogP contribution in [-0.4, -0.2) is 37.0 Å². The maximum Gasteiger partial charge on any atom is 0.246 e. The number of aliphatic hydroxyl groups is 1. The van der Waals surface area contributed by atoms with E-state index in [4.69, 9.17) is 23.2 Å². The van der Waals surface area contributed by atoms with Crippen molar-refractivity contribution in [3.05, 3.63) is 28.2 Å². The molecule has 1 aromatic carbocycles. The Labute approximate surface area is 110 Å². The van der Waals surface area contributed by atoms with Crippen molar-refractivity contribution in [1.29, 1.82) is 0 Å². The highest BCUT2D eigenvalue weighted by Crippen LogP contribution is 2.32. The van der Waals surface area contributed by atoms with Gasteiger partial charge in [0.2, 0.25) is 10.0 Å². The third-order valence-corrected chi connectivity index (χ3v) is 5.46. The smallest absolute Gasteiger partial charge is 0.246 e. The molecule has 0 aromatic heterocycles. The molecule has 4 nitrogen and oxygen atoms in total. The predicted octanol–water partition coefficient (Wildman–Crippen LogP) is 1.75. The highest BCUT2D eigenvalue weighted by Gasteiger charge is 2.34. The van der Waals surface area contributed by atoms with Gasteiger partial charge in [0, 0.05) is 13.1 Å². The van der Waals surface area contributed by atoms with Crippen LogP contribution in [0.1, 0.15) is 6.42 Å². The minimum atomic E-state index is -3.72. The first-order valence-electron chi connectivity index (χ1n) is 5.05. The molecule has 1 atom stereocenters. The number of aliphatic hydroxyl groups excluding tert-OH is 1. The summed E-state index contributed by atoms with van der Waals surface area (Å²) in [5.74, 6) is 0. The van der Waals surface area contributed by atoms with Gasteiger partial charge in [-0.05, 0) is 18.6 Å². The summed E-state index contributed by atoms with van der Waals surface area (Å²) < 4.78 is 25.7. The Morgan fingerprint density at radius 2 is 1.88 bits per heavy atom. The molecule has 0 aliphatic carbocycles. The topological polar surface area (TPSA) is 57.6 Å². The molecule has 94 valence electrons. The van der Waals surface area contributed by atoms with Crippen LogP contribution in [0.4, 0.5) is 0 Å². The van der Waals surface area contributed by atoms with Crippen molar-refractivity contribution >= 4 is 33.2 Å². The number of benzene rings is 1. The van der Waals surface area contributed by atoms with Crippen molar-refractivity contribution in [3.8, 4) is 0 Å². The average molecular weight is 296 g/mol. The molecule has 0 radical (unpaired) electrons. The molecule has 0 bridgehead atoms. The van der Waals surface area contributed by atoms with Gasteiger partial charge in [0.15, 0.2) is 0 Å². The lowest BCUT2D eigenvalue weighted by Crippen LogP contribution is -2.30. The molecule has 1 aliphatic rings. The van der Waals surface area contributed by atoms with Crippen molar-refractivity contribution < 1.29 is 13.5 Å². The number of hydrogen-bond acceptors (Lipinski definition) is 3. The van der Waals surface area contributed by atoms with Gasteiger partial charge in [-0.2, -0.15) is 4.31 Å². The summed E-state index contributed by atoms with van der Waals surface area (Å²) >= 11 is 11.8. The van der Waals surface area contributed by atoms with Crippen molar-refractivity contribution in [2.75, 3.05) is 13.1 Å². The van der Waals surface area contributed by atoms with Crippen molar-refractivity contribution in [1.82, 2.24) is 4.31 Å². The van der Waals surface area contributed by atoms with Crippen molar-refractivity contribution in [3.63, 3.8) is 0 Å². The summed E-state index contributed by atoms with van der Waals surface area (Å²) in [6, 6.07) is 4.54. The zero-order valence-electron chi connectivity index (χ0n) is 8.81. The van der Waals surface area contributed by atoms with Crippen LogP contribution in [0.2, 0.25) is 10.0 Å². The number of hydrogen-bond donors (Lipinski definition) is 1. The van der Waals surface area contributed by atoms with E-state index in [0.29, 0.717) is 6.42 Å². The Bertz CT molecular complexity index is 512. The summed E-state index contributed by atoms with van der Waals surface area (Å²) in [6.07, 6.45) is -0.188. The summed E-state index contributed by atoms with van der Waals surface area (Å²) in [5.41, 5.74) is 0. The Morgan fingerprint density at radius 3 is 2.35 bits per heavy atom. The van der Waals surface area contributed by atoms with E-state index in [9.17, 15) is 13.5 Å². The second-order valence-electron chi connectivity index (χ2n) is 3.86. The summed E-state index contributed by atoms with van der Waals surface area (Å²) in [6.45, 7) is 0.370. The average Bonchev–Trinajstić information content (AvgIpc) is 2.64. The van der Waals surface area contributed by atoms with E-state index >= 15 is 0 Å². The Morgan fingerprint density at radius 1 is 1.29 bits per heavy atom. The fraction of sp³-hybridized carbons (Fsp3) is 0.400. The highest BCUT2D eigenvalue weighted by atomic mass is 35.5. The van der Waals surface area contributed by atoms with Gasteiger partial charge >= 0.3 is 0 Å². The van der Waals surface area contributed by atoms with E-state index in [-0.39, 0.29) is 28.0 Å². The van der Waals surface area contributed by atoms with Crippen molar-refractivity contribution in [2.45, 2.75) is 17.4 Å². The van der Waals surface area contributed by atoms with Crippen molar-refractivity contribution in [2.24, 2.45) is 0 Å². The van der Waals surface area contributed by atoms with Gasteiger partial charge in [-0.15, -0.1) is 0 Å². The van der Waals surface area contributed by atoms with E-state index in [1.807, 2.05) is 0 Å². The fourth-order valence-electron chi connectivity index (χ4n) is 1.79. The normalized spacial score (nSPS) is 21.9. The van der Waals surface area contributed by atoms with E-state index in [2.05, 4.69) is 0 Å². The van der Waals surface area contributed by atoms with Crippen LogP contribution in [0.25, 0.3) is 0 Å². The monoisotopic (exact) mass is 295 g/mol. The van der Waals surface area contributed by atoms with Crippen LogP contribution in [0.5, 0.6) is 0 Å². The molecular weight excluding hydrogens is 285 g/mol. The van der Waals surface area contributed by atoms with Crippen LogP contribution in [0.3, 0.4) is 0 Å². The minimum Gasteiger partial charge on any atom is -0.392 e. The number of sulfonamides is 1. The second kappa shape index (κ2) is 4.74. The van der Waals surface area contributed by atoms with Crippen LogP contribution >= 0.6 is 23.2 Å². The number of rotatable bonds is 2. The summed E-state index contributed by atoms with van der Waals surface area (Å²) in [4.78, 5) is -0.0857. The third-order valence-electron chi connectivity index (χ3n) is 2.64. The molecule has 17 heavy (non-hydrogen) atoms. The van der Waals surface area contributed by atoms with Crippen LogP contribution in [0.15, 0.2) is 23.1 Å². The molecule has 0 spiro atoms. The summed E-state index contributed by atoms with van der Waals surface area (Å²) in [5, 5.41) is 9.57. The van der Waals surface area contributed by atoms with E-state index in [1.54, 1.807) is 6.07 Å². The molecule has 1 N–H and O–H groups in total. The molecule has 0 saturated carbocycles. The van der Waals surface area contributed by atoms with E-state index in [0.717, 1.165) is 0 Å². The van der Waals surface area contributed by atoms with Gasteiger partial charge < -0.3 is 5.11 Å². The largest absolute Gasteiger partial charge is 0.392 e. The minimum absolute atomic E-state index is 0.0857. The summed E-state index contributed by atoms with van der Waals surface area (Å²) in [7, 11) is -3.72. The quantitative estimate of drug-likeness (QED) is 0.904. The van der Waals surface area contributed by atoms with Crippen LogP contribution in [0, 0.1) is 0 Å². The van der Waals surface area contributed by atoms with Gasteiger partial charge in [0.05, 0.1) is 16.1 Å².